The van der Waals surface area contributed by atoms with Gasteiger partial charge in [0.15, 0.2) is 5.78 Å². The average Bonchev–Trinajstić information content (AvgIpc) is 2.49. The van der Waals surface area contributed by atoms with E-state index < -0.39 is 0 Å². The fraction of sp³-hybridized carbons (Fsp3) is 0.0588. The summed E-state index contributed by atoms with van der Waals surface area (Å²) in [6.45, 7) is 0. The van der Waals surface area contributed by atoms with E-state index in [0.29, 0.717) is 23.2 Å². The van der Waals surface area contributed by atoms with Crippen molar-refractivity contribution in [2.24, 2.45) is 0 Å². The molecule has 0 atom stereocenters. The van der Waals surface area contributed by atoms with Gasteiger partial charge in [0, 0.05) is 16.8 Å². The Morgan fingerprint density at radius 2 is 1.95 bits per heavy atom. The molecule has 0 saturated carbocycles. The number of nitrogens with two attached hydrogens (primary N) is 1. The molecule has 0 heterocycles. The van der Waals surface area contributed by atoms with Crippen molar-refractivity contribution in [3.05, 3.63) is 71.3 Å². The summed E-state index contributed by atoms with van der Waals surface area (Å²) in [5.74, 6) is -0.0985. The predicted octanol–water partition coefficient (Wildman–Crippen LogP) is 3.43. The highest BCUT2D eigenvalue weighted by Crippen LogP contribution is 2.19. The molecule has 2 rings (SSSR count). The van der Waals surface area contributed by atoms with E-state index in [9.17, 15) is 4.79 Å². The van der Waals surface area contributed by atoms with Crippen LogP contribution in [0, 0.1) is 11.3 Å². The van der Waals surface area contributed by atoms with Crippen molar-refractivity contribution in [2.45, 2.75) is 6.42 Å². The summed E-state index contributed by atoms with van der Waals surface area (Å²) in [6.07, 6.45) is 3.90. The van der Waals surface area contributed by atoms with Crippen LogP contribution in [0.3, 0.4) is 0 Å². The fourth-order valence-corrected chi connectivity index (χ4v) is 1.87. The molecule has 0 radical (unpaired) electrons. The van der Waals surface area contributed by atoms with Crippen LogP contribution in [0.15, 0.2) is 54.6 Å². The van der Waals surface area contributed by atoms with Gasteiger partial charge >= 0.3 is 0 Å². The highest BCUT2D eigenvalue weighted by Gasteiger charge is 2.12. The Kier molecular flexibility index (Phi) is 4.31. The molecule has 20 heavy (non-hydrogen) atoms. The van der Waals surface area contributed by atoms with E-state index in [2.05, 4.69) is 0 Å². The molecule has 0 fully saturated rings. The summed E-state index contributed by atoms with van der Waals surface area (Å²) < 4.78 is 0. The number of nitrogens with zero attached hydrogens (tertiary/aromatic N) is 1. The van der Waals surface area contributed by atoms with Gasteiger partial charge in [-0.05, 0) is 17.7 Å². The van der Waals surface area contributed by atoms with Gasteiger partial charge < -0.3 is 5.73 Å². The summed E-state index contributed by atoms with van der Waals surface area (Å²) in [4.78, 5) is 12.4. The first-order valence-electron chi connectivity index (χ1n) is 6.25. The zero-order chi connectivity index (χ0) is 14.4. The van der Waals surface area contributed by atoms with Crippen molar-refractivity contribution < 1.29 is 4.79 Å². The zero-order valence-electron chi connectivity index (χ0n) is 10.9. The second kappa shape index (κ2) is 6.35. The Morgan fingerprint density at radius 1 is 1.20 bits per heavy atom. The number of carbonyl (C=O) groups excluding carboxylic acids is 1. The number of hydrogen-bond acceptors (Lipinski definition) is 3. The lowest BCUT2D eigenvalue weighted by Crippen LogP contribution is -2.05. The van der Waals surface area contributed by atoms with E-state index >= 15 is 0 Å². The van der Waals surface area contributed by atoms with Crippen LogP contribution in [-0.2, 0) is 0 Å². The molecule has 0 aliphatic heterocycles. The van der Waals surface area contributed by atoms with E-state index in [0.717, 1.165) is 5.56 Å². The van der Waals surface area contributed by atoms with Crippen LogP contribution in [0.2, 0.25) is 0 Å². The van der Waals surface area contributed by atoms with Gasteiger partial charge in [0.1, 0.15) is 0 Å². The van der Waals surface area contributed by atoms with Crippen LogP contribution < -0.4 is 5.73 Å². The molecule has 0 unspecified atom stereocenters. The van der Waals surface area contributed by atoms with Crippen molar-refractivity contribution in [3.8, 4) is 6.07 Å². The first kappa shape index (κ1) is 13.6. The van der Waals surface area contributed by atoms with E-state index in [4.69, 9.17) is 11.0 Å². The van der Waals surface area contributed by atoms with Gasteiger partial charge in [-0.25, -0.2) is 0 Å². The third kappa shape index (κ3) is 3.12. The molecule has 0 aliphatic rings. The molecule has 0 spiro atoms. The van der Waals surface area contributed by atoms with Crippen LogP contribution in [0.4, 0.5) is 5.69 Å². The molecule has 2 aromatic rings. The summed E-state index contributed by atoms with van der Waals surface area (Å²) in [7, 11) is 0. The molecular weight excluding hydrogens is 248 g/mol. The van der Waals surface area contributed by atoms with Crippen molar-refractivity contribution in [1.29, 1.82) is 5.26 Å². The van der Waals surface area contributed by atoms with Crippen LogP contribution in [0.1, 0.15) is 27.9 Å². The Balaban J connectivity index is 2.34. The summed E-state index contributed by atoms with van der Waals surface area (Å²) in [6, 6.07) is 16.3. The van der Waals surface area contributed by atoms with Gasteiger partial charge in [0.2, 0.25) is 0 Å². The van der Waals surface area contributed by atoms with Crippen LogP contribution >= 0.6 is 0 Å². The molecule has 2 N–H and O–H groups in total. The minimum atomic E-state index is -0.0985. The molecule has 2 aromatic carbocycles. The quantitative estimate of drug-likeness (QED) is 0.678. The SMILES string of the molecule is N#CCC=Cc1ccc(N)c(C(=O)c2ccccc2)c1. The van der Waals surface area contributed by atoms with E-state index in [1.807, 2.05) is 36.4 Å². The number of rotatable bonds is 4. The molecule has 0 aliphatic carbocycles. The Morgan fingerprint density at radius 3 is 2.65 bits per heavy atom. The summed E-state index contributed by atoms with van der Waals surface area (Å²) in [5, 5.41) is 8.50. The van der Waals surface area contributed by atoms with Crippen molar-refractivity contribution >= 4 is 17.5 Å². The predicted molar refractivity (Wildman–Crippen MR) is 80.0 cm³/mol. The monoisotopic (exact) mass is 262 g/mol. The third-order valence-corrected chi connectivity index (χ3v) is 2.88. The van der Waals surface area contributed by atoms with E-state index in [1.54, 1.807) is 30.3 Å². The maximum atomic E-state index is 12.4. The molecule has 0 bridgehead atoms. The van der Waals surface area contributed by atoms with Crippen molar-refractivity contribution in [3.63, 3.8) is 0 Å². The molecular formula is C17H14N2O. The zero-order valence-corrected chi connectivity index (χ0v) is 10.9. The minimum absolute atomic E-state index is 0.0985. The van der Waals surface area contributed by atoms with Gasteiger partial charge in [0.05, 0.1) is 12.5 Å². The number of ketones is 1. The van der Waals surface area contributed by atoms with Crippen molar-refractivity contribution in [2.75, 3.05) is 5.73 Å². The lowest BCUT2D eigenvalue weighted by molar-refractivity contribution is 0.103. The molecule has 3 nitrogen and oxygen atoms in total. The number of nitrogen functional groups attached to an aromatic ring is 1. The van der Waals surface area contributed by atoms with E-state index in [1.165, 1.54) is 0 Å². The highest BCUT2D eigenvalue weighted by molar-refractivity contribution is 6.12. The number of carbonyl (C=O) groups is 1. The number of anilines is 1. The Labute approximate surface area is 118 Å². The highest BCUT2D eigenvalue weighted by atomic mass is 16.1. The number of allylic oxidation sites excluding steroid dienone is 1. The van der Waals surface area contributed by atoms with Crippen LogP contribution in [-0.4, -0.2) is 5.78 Å². The Bertz CT molecular complexity index is 682. The standard InChI is InChI=1S/C17H14N2O/c18-11-5-4-6-13-9-10-16(19)15(12-13)17(20)14-7-2-1-3-8-14/h1-4,6-10,12H,5,19H2. The van der Waals surface area contributed by atoms with Gasteiger partial charge in [-0.1, -0.05) is 48.6 Å². The second-order valence-electron chi connectivity index (χ2n) is 4.31. The van der Waals surface area contributed by atoms with Gasteiger partial charge in [-0.15, -0.1) is 0 Å². The maximum absolute atomic E-state index is 12.4. The smallest absolute Gasteiger partial charge is 0.195 e. The Hall–Kier alpha value is -2.86. The average molecular weight is 262 g/mol. The third-order valence-electron chi connectivity index (χ3n) is 2.88. The fourth-order valence-electron chi connectivity index (χ4n) is 1.87. The molecule has 3 heteroatoms. The van der Waals surface area contributed by atoms with Crippen molar-refractivity contribution in [1.82, 2.24) is 0 Å². The largest absolute Gasteiger partial charge is 0.398 e. The first-order chi connectivity index (χ1) is 9.72. The van der Waals surface area contributed by atoms with E-state index in [-0.39, 0.29) is 5.78 Å². The van der Waals surface area contributed by atoms with Gasteiger partial charge in [0.25, 0.3) is 0 Å². The summed E-state index contributed by atoms with van der Waals surface area (Å²) >= 11 is 0. The molecule has 98 valence electrons. The number of benzene rings is 2. The number of hydrogen-bond donors (Lipinski definition) is 1. The lowest BCUT2D eigenvalue weighted by Gasteiger charge is -2.06. The first-order valence-corrected chi connectivity index (χ1v) is 6.25. The van der Waals surface area contributed by atoms with Gasteiger partial charge in [-0.3, -0.25) is 4.79 Å². The normalized spacial score (nSPS) is 10.3. The second-order valence-corrected chi connectivity index (χ2v) is 4.31. The number of nitriles is 1. The lowest BCUT2D eigenvalue weighted by atomic mass is 9.99. The van der Waals surface area contributed by atoms with Gasteiger partial charge in [-0.2, -0.15) is 5.26 Å². The molecule has 0 aromatic heterocycles. The summed E-state index contributed by atoms with van der Waals surface area (Å²) in [5.41, 5.74) is 8.29. The topological polar surface area (TPSA) is 66.9 Å². The van der Waals surface area contributed by atoms with Crippen LogP contribution in [0.25, 0.3) is 6.08 Å². The molecule has 0 amide bonds. The minimum Gasteiger partial charge on any atom is -0.398 e. The maximum Gasteiger partial charge on any atom is 0.195 e. The molecule has 0 saturated heterocycles. The van der Waals surface area contributed by atoms with Crippen LogP contribution in [0.5, 0.6) is 0 Å².